The van der Waals surface area contributed by atoms with E-state index in [-0.39, 0.29) is 5.91 Å². The van der Waals surface area contributed by atoms with Crippen LogP contribution in [0.15, 0.2) is 42.5 Å². The van der Waals surface area contributed by atoms with Gasteiger partial charge in [-0.25, -0.2) is 9.78 Å². The van der Waals surface area contributed by atoms with Gasteiger partial charge in [0.25, 0.3) is 0 Å². The molecule has 0 saturated carbocycles. The number of carbonyl (C=O) groups excluding carboxylic acids is 2. The van der Waals surface area contributed by atoms with Crippen LogP contribution >= 0.6 is 0 Å². The van der Waals surface area contributed by atoms with Gasteiger partial charge in [0.15, 0.2) is 0 Å². The summed E-state index contributed by atoms with van der Waals surface area (Å²) in [5.74, 6) is 0.162. The molecule has 3 N–H and O–H groups in total. The van der Waals surface area contributed by atoms with Crippen LogP contribution in [0.1, 0.15) is 18.2 Å². The highest BCUT2D eigenvalue weighted by molar-refractivity contribution is 5.98. The Bertz CT molecular complexity index is 681. The summed E-state index contributed by atoms with van der Waals surface area (Å²) < 4.78 is 0. The van der Waals surface area contributed by atoms with E-state index in [1.807, 2.05) is 38.1 Å². The molecular weight excluding hydrogens is 292 g/mol. The van der Waals surface area contributed by atoms with E-state index in [4.69, 9.17) is 0 Å². The minimum Gasteiger partial charge on any atom is -0.326 e. The molecule has 23 heavy (non-hydrogen) atoms. The van der Waals surface area contributed by atoms with E-state index < -0.39 is 12.1 Å². The average Bonchev–Trinajstić information content (AvgIpc) is 2.46. The molecule has 0 aliphatic heterocycles. The van der Waals surface area contributed by atoms with Crippen molar-refractivity contribution in [1.82, 2.24) is 10.3 Å². The largest absolute Gasteiger partial charge is 0.326 e. The number of rotatable bonds is 4. The molecule has 2 aromatic rings. The molecule has 3 amide bonds. The number of amides is 3. The average molecular weight is 312 g/mol. The molecule has 0 bridgehead atoms. The van der Waals surface area contributed by atoms with Gasteiger partial charge in [-0.2, -0.15) is 0 Å². The van der Waals surface area contributed by atoms with Gasteiger partial charge in [0.2, 0.25) is 5.91 Å². The van der Waals surface area contributed by atoms with Gasteiger partial charge < -0.3 is 10.6 Å². The number of anilines is 2. The number of nitrogens with zero attached hydrogens (tertiary/aromatic N) is 1. The van der Waals surface area contributed by atoms with Gasteiger partial charge in [-0.05, 0) is 50.6 Å². The van der Waals surface area contributed by atoms with Crippen molar-refractivity contribution in [3.63, 3.8) is 0 Å². The normalized spacial score (nSPS) is 11.4. The van der Waals surface area contributed by atoms with Crippen LogP contribution < -0.4 is 16.0 Å². The van der Waals surface area contributed by atoms with E-state index >= 15 is 0 Å². The van der Waals surface area contributed by atoms with Crippen LogP contribution in [0.4, 0.5) is 16.3 Å². The molecule has 1 aromatic carbocycles. The number of pyridine rings is 1. The first-order chi connectivity index (χ1) is 10.9. The molecular formula is C17H20N4O2. The predicted molar refractivity (Wildman–Crippen MR) is 90.4 cm³/mol. The molecule has 2 rings (SSSR count). The van der Waals surface area contributed by atoms with Crippen molar-refractivity contribution in [2.24, 2.45) is 0 Å². The molecule has 1 aromatic heterocycles. The monoisotopic (exact) mass is 312 g/mol. The molecule has 0 unspecified atom stereocenters. The smallest absolute Gasteiger partial charge is 0.321 e. The number of aryl methyl sites for hydroxylation is 2. The van der Waals surface area contributed by atoms with Crippen LogP contribution in [0.2, 0.25) is 0 Å². The molecule has 1 heterocycles. The number of aromatic nitrogens is 1. The van der Waals surface area contributed by atoms with Gasteiger partial charge in [-0.3, -0.25) is 10.1 Å². The number of para-hydroxylation sites is 1. The van der Waals surface area contributed by atoms with Crippen LogP contribution in [0, 0.1) is 13.8 Å². The minimum atomic E-state index is -0.680. The summed E-state index contributed by atoms with van der Waals surface area (Å²) in [5.41, 5.74) is 2.50. The third kappa shape index (κ3) is 5.10. The lowest BCUT2D eigenvalue weighted by molar-refractivity contribution is -0.117. The second kappa shape index (κ2) is 7.40. The minimum absolute atomic E-state index is 0.292. The highest BCUT2D eigenvalue weighted by Gasteiger charge is 2.16. The van der Waals surface area contributed by atoms with E-state index in [2.05, 4.69) is 20.9 Å². The maximum absolute atomic E-state index is 12.0. The summed E-state index contributed by atoms with van der Waals surface area (Å²) in [7, 11) is 0. The Morgan fingerprint density at radius 1 is 1.04 bits per heavy atom. The topological polar surface area (TPSA) is 83.1 Å². The summed E-state index contributed by atoms with van der Waals surface area (Å²) in [6, 6.07) is 11.6. The zero-order chi connectivity index (χ0) is 16.8. The molecule has 0 radical (unpaired) electrons. The Hall–Kier alpha value is -2.89. The maximum Gasteiger partial charge on any atom is 0.321 e. The first-order valence-corrected chi connectivity index (χ1v) is 7.33. The summed E-state index contributed by atoms with van der Waals surface area (Å²) in [5, 5.41) is 7.95. The fourth-order valence-electron chi connectivity index (χ4n) is 2.09. The molecule has 1 atom stereocenters. The second-order valence-electron chi connectivity index (χ2n) is 5.35. The predicted octanol–water partition coefficient (Wildman–Crippen LogP) is 2.85. The summed E-state index contributed by atoms with van der Waals surface area (Å²) in [6.45, 7) is 5.40. The number of urea groups is 1. The number of hydrogen-bond donors (Lipinski definition) is 3. The van der Waals surface area contributed by atoms with Crippen LogP contribution in [0.25, 0.3) is 0 Å². The van der Waals surface area contributed by atoms with Gasteiger partial charge in [-0.15, -0.1) is 0 Å². The number of hydrogen-bond acceptors (Lipinski definition) is 3. The molecule has 0 spiro atoms. The maximum atomic E-state index is 12.0. The van der Waals surface area contributed by atoms with Crippen LogP contribution in [0.5, 0.6) is 0 Å². The third-order valence-corrected chi connectivity index (χ3v) is 3.12. The second-order valence-corrected chi connectivity index (χ2v) is 5.35. The molecule has 0 aliphatic rings. The standard InChI is InChI=1S/C17H20N4O2/c1-11-9-12(2)18-15(10-11)21-17(23)19-13(3)16(22)20-14-7-5-4-6-8-14/h4-10,13H,1-3H3,(H,20,22)(H2,18,19,21,23)/t13-/m1/s1. The molecule has 120 valence electrons. The summed E-state index contributed by atoms with van der Waals surface area (Å²) in [4.78, 5) is 28.2. The lowest BCUT2D eigenvalue weighted by atomic mass is 10.2. The molecule has 6 nitrogen and oxygen atoms in total. The lowest BCUT2D eigenvalue weighted by Crippen LogP contribution is -2.43. The van der Waals surface area contributed by atoms with Crippen molar-refractivity contribution in [3.05, 3.63) is 53.7 Å². The van der Waals surface area contributed by atoms with Crippen LogP contribution in [0.3, 0.4) is 0 Å². The highest BCUT2D eigenvalue weighted by Crippen LogP contribution is 2.09. The van der Waals surface area contributed by atoms with Gasteiger partial charge in [0.05, 0.1) is 0 Å². The van der Waals surface area contributed by atoms with Crippen molar-refractivity contribution in [2.75, 3.05) is 10.6 Å². The van der Waals surface area contributed by atoms with Gasteiger partial charge in [-0.1, -0.05) is 18.2 Å². The van der Waals surface area contributed by atoms with Crippen molar-refractivity contribution in [2.45, 2.75) is 26.8 Å². The molecule has 0 aliphatic carbocycles. The summed E-state index contributed by atoms with van der Waals surface area (Å²) >= 11 is 0. The molecule has 6 heteroatoms. The molecule has 0 fully saturated rings. The highest BCUT2D eigenvalue weighted by atomic mass is 16.2. The Kier molecular flexibility index (Phi) is 5.30. The quantitative estimate of drug-likeness (QED) is 0.811. The van der Waals surface area contributed by atoms with Crippen molar-refractivity contribution >= 4 is 23.4 Å². The van der Waals surface area contributed by atoms with Crippen molar-refractivity contribution in [3.8, 4) is 0 Å². The van der Waals surface area contributed by atoms with Gasteiger partial charge in [0.1, 0.15) is 11.9 Å². The van der Waals surface area contributed by atoms with Crippen LogP contribution in [-0.2, 0) is 4.79 Å². The van der Waals surface area contributed by atoms with E-state index in [9.17, 15) is 9.59 Å². The SMILES string of the molecule is Cc1cc(C)nc(NC(=O)N[C@H](C)C(=O)Nc2ccccc2)c1. The van der Waals surface area contributed by atoms with Gasteiger partial charge in [0, 0.05) is 11.4 Å². The number of benzene rings is 1. The van der Waals surface area contributed by atoms with Crippen LogP contribution in [-0.4, -0.2) is 23.0 Å². The Morgan fingerprint density at radius 3 is 2.39 bits per heavy atom. The third-order valence-electron chi connectivity index (χ3n) is 3.12. The fourth-order valence-corrected chi connectivity index (χ4v) is 2.09. The van der Waals surface area contributed by atoms with E-state index in [0.29, 0.717) is 11.5 Å². The zero-order valence-corrected chi connectivity index (χ0v) is 13.4. The van der Waals surface area contributed by atoms with E-state index in [1.165, 1.54) is 0 Å². The van der Waals surface area contributed by atoms with Crippen molar-refractivity contribution in [1.29, 1.82) is 0 Å². The number of nitrogens with one attached hydrogen (secondary N) is 3. The van der Waals surface area contributed by atoms with Crippen molar-refractivity contribution < 1.29 is 9.59 Å². The summed E-state index contributed by atoms with van der Waals surface area (Å²) in [6.07, 6.45) is 0. The first kappa shape index (κ1) is 16.5. The fraction of sp³-hybridized carbons (Fsp3) is 0.235. The Balaban J connectivity index is 1.90. The Labute approximate surface area is 135 Å². The number of carbonyl (C=O) groups is 2. The molecule has 0 saturated heterocycles. The van der Waals surface area contributed by atoms with E-state index in [0.717, 1.165) is 11.3 Å². The van der Waals surface area contributed by atoms with Gasteiger partial charge >= 0.3 is 6.03 Å². The lowest BCUT2D eigenvalue weighted by Gasteiger charge is -2.15. The zero-order valence-electron chi connectivity index (χ0n) is 13.4. The Morgan fingerprint density at radius 2 is 1.74 bits per heavy atom. The van der Waals surface area contributed by atoms with E-state index in [1.54, 1.807) is 25.1 Å². The first-order valence-electron chi connectivity index (χ1n) is 7.33.